The van der Waals surface area contributed by atoms with Crippen LogP contribution in [0.3, 0.4) is 0 Å². The summed E-state index contributed by atoms with van der Waals surface area (Å²) in [4.78, 5) is 35.2. The molecule has 0 radical (unpaired) electrons. The summed E-state index contributed by atoms with van der Waals surface area (Å²) in [7, 11) is -4.05. The highest BCUT2D eigenvalue weighted by atomic mass is 35.5. The molecule has 0 bridgehead atoms. The van der Waals surface area contributed by atoms with E-state index in [1.54, 1.807) is 23.5 Å². The first-order chi connectivity index (χ1) is 33.4. The molecule has 2 amide bonds. The van der Waals surface area contributed by atoms with Crippen molar-refractivity contribution in [2.24, 2.45) is 4.99 Å². The van der Waals surface area contributed by atoms with Gasteiger partial charge >= 0.3 is 0 Å². The molecule has 1 aliphatic rings. The predicted octanol–water partition coefficient (Wildman–Crippen LogP) is 6.28. The minimum Gasteiger partial charge on any atom is -0.377 e. The molecule has 0 aliphatic carbocycles. The van der Waals surface area contributed by atoms with Gasteiger partial charge in [-0.25, -0.2) is 8.42 Å². The van der Waals surface area contributed by atoms with E-state index in [0.717, 1.165) is 38.8 Å². The van der Waals surface area contributed by atoms with Gasteiger partial charge in [0.1, 0.15) is 22.9 Å². The molecule has 4 heterocycles. The standard InChI is InChI=1S/C48H54ClN9O9S2/c1-30-8-13-39(45-42(30)36(28-50)29-53-45)57-69(61,62)38-7-5-6-35(26-38)47(60)52-15-17-64-19-21-66-23-25-67-24-22-65-20-18-63-16-14-51-41(59)27-40-46-56-55-33(4)58(46)48-43(31(2)32(3)68-48)44(54-40)34-9-11-37(49)12-10-34/h5-13,26,29,40,53,57H,14-25,27H2,1-4H3,(H,51,59)(H,52,60)/t40-/m0/s1. The molecular weight excluding hydrogens is 946 g/mol. The molecule has 3 aromatic carbocycles. The lowest BCUT2D eigenvalue weighted by molar-refractivity contribution is -0.121. The van der Waals surface area contributed by atoms with Crippen LogP contribution in [0.1, 0.15) is 67.2 Å². The number of H-pyrrole nitrogens is 1. The molecule has 364 valence electrons. The van der Waals surface area contributed by atoms with Crippen LogP contribution in [0.25, 0.3) is 15.9 Å². The van der Waals surface area contributed by atoms with Gasteiger partial charge in [-0.2, -0.15) is 5.26 Å². The first-order valence-electron chi connectivity index (χ1n) is 22.3. The van der Waals surface area contributed by atoms with E-state index in [-0.39, 0.29) is 41.6 Å². The molecule has 69 heavy (non-hydrogen) atoms. The Labute approximate surface area is 409 Å². The Bertz CT molecular complexity index is 2940. The average molecular weight is 1000 g/mol. The number of rotatable bonds is 25. The van der Waals surface area contributed by atoms with Crippen LogP contribution in [0.2, 0.25) is 5.02 Å². The molecule has 0 spiro atoms. The zero-order chi connectivity index (χ0) is 48.9. The molecule has 0 saturated heterocycles. The zero-order valence-electron chi connectivity index (χ0n) is 38.7. The second-order valence-electron chi connectivity index (χ2n) is 15.9. The number of thiophene rings is 1. The third kappa shape index (κ3) is 12.8. The van der Waals surface area contributed by atoms with Crippen LogP contribution in [0.4, 0.5) is 5.69 Å². The Balaban J connectivity index is 0.702. The zero-order valence-corrected chi connectivity index (χ0v) is 41.1. The van der Waals surface area contributed by atoms with E-state index in [1.165, 1.54) is 35.3 Å². The number of aliphatic imine (C=N–C) groups is 1. The maximum atomic E-state index is 13.3. The van der Waals surface area contributed by atoms with Crippen molar-refractivity contribution < 1.29 is 41.7 Å². The molecule has 0 saturated carbocycles. The summed E-state index contributed by atoms with van der Waals surface area (Å²) >= 11 is 7.88. The van der Waals surface area contributed by atoms with E-state index >= 15 is 0 Å². The maximum absolute atomic E-state index is 13.3. The first kappa shape index (κ1) is 50.8. The number of fused-ring (bicyclic) bond motifs is 4. The van der Waals surface area contributed by atoms with Gasteiger partial charge in [0.2, 0.25) is 5.91 Å². The van der Waals surface area contributed by atoms with E-state index in [4.69, 9.17) is 40.3 Å². The van der Waals surface area contributed by atoms with Crippen molar-refractivity contribution in [3.05, 3.63) is 122 Å². The molecule has 0 fully saturated rings. The summed E-state index contributed by atoms with van der Waals surface area (Å²) in [6, 6.07) is 18.2. The lowest BCUT2D eigenvalue weighted by Crippen LogP contribution is -2.29. The summed E-state index contributed by atoms with van der Waals surface area (Å²) < 4.78 is 59.0. The lowest BCUT2D eigenvalue weighted by Gasteiger charge is -2.13. The fourth-order valence-corrected chi connectivity index (χ4v) is 10.0. The van der Waals surface area contributed by atoms with Gasteiger partial charge in [-0.05, 0) is 75.2 Å². The summed E-state index contributed by atoms with van der Waals surface area (Å²) in [5.41, 5.74) is 6.04. The molecule has 6 aromatic rings. The number of anilines is 1. The Hall–Kier alpha value is -6.02. The number of nitrogens with zero attached hydrogens (tertiary/aromatic N) is 5. The van der Waals surface area contributed by atoms with Gasteiger partial charge in [0.15, 0.2) is 5.82 Å². The predicted molar refractivity (Wildman–Crippen MR) is 262 cm³/mol. The molecule has 0 unspecified atom stereocenters. The number of ether oxygens (including phenoxy) is 5. The van der Waals surface area contributed by atoms with Crippen LogP contribution >= 0.6 is 22.9 Å². The second-order valence-corrected chi connectivity index (χ2v) is 19.2. The van der Waals surface area contributed by atoms with Crippen molar-refractivity contribution in [3.63, 3.8) is 0 Å². The second kappa shape index (κ2) is 24.0. The van der Waals surface area contributed by atoms with Crippen molar-refractivity contribution in [1.29, 1.82) is 5.26 Å². The highest BCUT2D eigenvalue weighted by Crippen LogP contribution is 2.39. The molecule has 21 heteroatoms. The van der Waals surface area contributed by atoms with Crippen molar-refractivity contribution >= 4 is 67.1 Å². The third-order valence-electron chi connectivity index (χ3n) is 11.1. The van der Waals surface area contributed by atoms with Crippen molar-refractivity contribution in [1.82, 2.24) is 30.4 Å². The monoisotopic (exact) mass is 999 g/mol. The Kier molecular flexibility index (Phi) is 17.7. The molecule has 1 atom stereocenters. The number of halogens is 1. The maximum Gasteiger partial charge on any atom is 0.261 e. The third-order valence-corrected chi connectivity index (χ3v) is 13.9. The van der Waals surface area contributed by atoms with Gasteiger partial charge in [-0.1, -0.05) is 35.9 Å². The van der Waals surface area contributed by atoms with Crippen molar-refractivity contribution in [3.8, 4) is 11.1 Å². The van der Waals surface area contributed by atoms with Crippen LogP contribution < -0.4 is 15.4 Å². The number of carbonyl (C=O) groups excluding carboxylic acids is 2. The van der Waals surface area contributed by atoms with Crippen molar-refractivity contribution in [2.75, 3.05) is 83.9 Å². The molecule has 18 nitrogen and oxygen atoms in total. The Morgan fingerprint density at radius 2 is 1.48 bits per heavy atom. The smallest absolute Gasteiger partial charge is 0.261 e. The Morgan fingerprint density at radius 1 is 0.841 bits per heavy atom. The first-order valence-corrected chi connectivity index (χ1v) is 25.0. The lowest BCUT2D eigenvalue weighted by atomic mass is 9.99. The Morgan fingerprint density at radius 3 is 2.13 bits per heavy atom. The quantitative estimate of drug-likeness (QED) is 0.0464. The van der Waals surface area contributed by atoms with Gasteiger partial charge in [0, 0.05) is 51.3 Å². The summed E-state index contributed by atoms with van der Waals surface area (Å²) in [5, 5.41) is 26.2. The fraction of sp³-hybridized carbons (Fsp3) is 0.375. The van der Waals surface area contributed by atoms with Gasteiger partial charge in [-0.15, -0.1) is 21.5 Å². The molecule has 7 rings (SSSR count). The number of sulfonamides is 1. The summed E-state index contributed by atoms with van der Waals surface area (Å²) in [6.07, 6.45) is 1.62. The normalized spacial score (nSPS) is 13.3. The highest BCUT2D eigenvalue weighted by Gasteiger charge is 2.32. The highest BCUT2D eigenvalue weighted by molar-refractivity contribution is 7.92. The SMILES string of the molecule is Cc1sc2c(c1C)C(c1ccc(Cl)cc1)=N[C@@H](CC(=O)NCCOCCOCCOCCOCCOCCNC(=O)c1cccc(S(=O)(=O)Nc3ccc(C)c4c(C#N)c[nH]c34)c1)c1nnc(C)n1-2. The number of amides is 2. The number of carbonyl (C=O) groups is 2. The number of hydrogen-bond acceptors (Lipinski definition) is 14. The van der Waals surface area contributed by atoms with Crippen LogP contribution in [-0.2, 0) is 38.5 Å². The number of aryl methyl sites for hydroxylation is 3. The van der Waals surface area contributed by atoms with Gasteiger partial charge in [0.05, 0.1) is 99.9 Å². The van der Waals surface area contributed by atoms with E-state index < -0.39 is 22.0 Å². The number of nitriles is 1. The number of aromatic nitrogens is 4. The summed E-state index contributed by atoms with van der Waals surface area (Å²) in [6.45, 7) is 11.9. The van der Waals surface area contributed by atoms with Gasteiger partial charge in [-0.3, -0.25) is 23.9 Å². The number of benzene rings is 3. The van der Waals surface area contributed by atoms with Crippen LogP contribution in [0.15, 0.2) is 76.7 Å². The minimum absolute atomic E-state index is 0.0860. The minimum atomic E-state index is -4.05. The van der Waals surface area contributed by atoms with Gasteiger partial charge in [0.25, 0.3) is 15.9 Å². The van der Waals surface area contributed by atoms with E-state index in [2.05, 4.69) is 50.5 Å². The average Bonchev–Trinajstić information content (AvgIpc) is 4.01. The van der Waals surface area contributed by atoms with E-state index in [1.807, 2.05) is 42.7 Å². The molecule has 4 N–H and O–H groups in total. The largest absolute Gasteiger partial charge is 0.377 e. The van der Waals surface area contributed by atoms with Gasteiger partial charge < -0.3 is 39.3 Å². The van der Waals surface area contributed by atoms with Crippen LogP contribution in [-0.4, -0.2) is 125 Å². The molecule has 1 aliphatic heterocycles. The molecular formula is C48H54ClN9O9S2. The summed E-state index contributed by atoms with van der Waals surface area (Å²) in [5.74, 6) is 0.721. The fourth-order valence-electron chi connectivity index (χ4n) is 7.57. The molecule has 3 aromatic heterocycles. The number of hydrogen-bond donors (Lipinski definition) is 4. The van der Waals surface area contributed by atoms with E-state index in [9.17, 15) is 23.3 Å². The number of nitrogens with one attached hydrogen (secondary N) is 4. The van der Waals surface area contributed by atoms with Crippen LogP contribution in [0.5, 0.6) is 0 Å². The van der Waals surface area contributed by atoms with E-state index in [0.29, 0.717) is 93.3 Å². The topological polar surface area (TPSA) is 233 Å². The number of aromatic amines is 1. The van der Waals surface area contributed by atoms with Crippen LogP contribution in [0, 0.1) is 39.0 Å². The van der Waals surface area contributed by atoms with Crippen molar-refractivity contribution in [2.45, 2.75) is 45.1 Å².